The van der Waals surface area contributed by atoms with Crippen LogP contribution in [0.5, 0.6) is 0 Å². The van der Waals surface area contributed by atoms with Gasteiger partial charge in [-0.15, -0.1) is 0 Å². The van der Waals surface area contributed by atoms with E-state index in [2.05, 4.69) is 336 Å². The number of aryl methyl sites for hydroxylation is 12. The van der Waals surface area contributed by atoms with Crippen LogP contribution in [-0.2, 0) is 0 Å². The van der Waals surface area contributed by atoms with Gasteiger partial charge in [-0.05, 0) is 249 Å². The molecular formula is C80H71Br2N3. The largest absolute Gasteiger partial charge is 0.355 e. The van der Waals surface area contributed by atoms with Gasteiger partial charge in [0, 0.05) is 54.1 Å². The Morgan fingerprint density at radius 3 is 1.00 bits per heavy atom. The van der Waals surface area contributed by atoms with Crippen LogP contribution >= 0.6 is 31.9 Å². The smallest absolute Gasteiger partial charge is 0.0540 e. The summed E-state index contributed by atoms with van der Waals surface area (Å²) < 4.78 is 2.29. The second-order valence-electron chi connectivity index (χ2n) is 23.8. The molecule has 0 aliphatic carbocycles. The van der Waals surface area contributed by atoms with Crippen molar-refractivity contribution in [3.8, 4) is 0 Å². The summed E-state index contributed by atoms with van der Waals surface area (Å²) in [5.74, 6) is 0. The molecule has 5 heteroatoms. The molecule has 0 atom stereocenters. The Kier molecular flexibility index (Phi) is 15.5. The molecule has 0 spiro atoms. The molecule has 0 bridgehead atoms. The van der Waals surface area contributed by atoms with Crippen LogP contribution in [0.4, 0.5) is 45.5 Å². The van der Waals surface area contributed by atoms with E-state index >= 15 is 0 Å². The van der Waals surface area contributed by atoms with Crippen molar-refractivity contribution >= 4 is 142 Å². The highest BCUT2D eigenvalue weighted by Gasteiger charge is 2.24. The maximum atomic E-state index is 3.65. The predicted molar refractivity (Wildman–Crippen MR) is 378 cm³/mol. The fourth-order valence-corrected chi connectivity index (χ4v) is 13.9. The first-order valence-electron chi connectivity index (χ1n) is 29.4. The lowest BCUT2D eigenvalue weighted by Gasteiger charge is -2.31. The van der Waals surface area contributed by atoms with Gasteiger partial charge in [-0.3, -0.25) is 0 Å². The third-order valence-corrected chi connectivity index (χ3v) is 18.1. The monoisotopic (exact) mass is 1230 g/mol. The van der Waals surface area contributed by atoms with Crippen LogP contribution in [0.2, 0.25) is 0 Å². The lowest BCUT2D eigenvalue weighted by atomic mass is 9.92. The van der Waals surface area contributed by atoms with Gasteiger partial charge in [-0.25, -0.2) is 0 Å². The van der Waals surface area contributed by atoms with Gasteiger partial charge in [0.1, 0.15) is 0 Å². The summed E-state index contributed by atoms with van der Waals surface area (Å²) in [7, 11) is 0. The van der Waals surface area contributed by atoms with Crippen LogP contribution in [0.25, 0.3) is 64.6 Å². The fraction of sp³-hybridized carbons (Fsp3) is 0.150. The minimum absolute atomic E-state index is 1.13. The van der Waals surface area contributed by atoms with Crippen LogP contribution in [0.1, 0.15) is 66.8 Å². The van der Waals surface area contributed by atoms with Crippen LogP contribution in [0.3, 0.4) is 0 Å². The quantitative estimate of drug-likeness (QED) is 0.153. The fourth-order valence-electron chi connectivity index (χ4n) is 12.9. The molecule has 14 aromatic rings. The molecule has 420 valence electrons. The summed E-state index contributed by atoms with van der Waals surface area (Å²) in [4.78, 5) is 4.93. The molecule has 0 heterocycles. The number of halogens is 2. The number of nitrogens with one attached hydrogen (secondary N) is 1. The first-order valence-corrected chi connectivity index (χ1v) is 31.0. The molecule has 14 rings (SSSR count). The van der Waals surface area contributed by atoms with Crippen molar-refractivity contribution in [2.75, 3.05) is 15.1 Å². The SMILES string of the molecule is Brc1cc2ccc3ccc(Br)c4ccc(c1)c2c34.Cc1ccc(N(c2cc3ccc4ccc(N(c5ccc(C)cc5C)c5ccc(C)cc5C)c5ccc(c2)c3c45)c2ccc(C)cc2C)c(C)c1.Cc1ccc(Nc2ccc(C)cc2C)c(C)c1. The minimum atomic E-state index is 1.13. The Morgan fingerprint density at radius 2 is 0.576 bits per heavy atom. The molecule has 0 aliphatic heterocycles. The molecule has 0 saturated carbocycles. The summed E-state index contributed by atoms with van der Waals surface area (Å²) in [6.45, 7) is 26.1. The summed E-state index contributed by atoms with van der Waals surface area (Å²) in [5.41, 5.74) is 24.9. The highest BCUT2D eigenvalue weighted by Crippen LogP contribution is 2.48. The average molecular weight is 1230 g/mol. The Balaban J connectivity index is 0.000000163. The Bertz CT molecular complexity index is 4690. The second kappa shape index (κ2) is 23.2. The molecular weight excluding hydrogens is 1160 g/mol. The van der Waals surface area contributed by atoms with Gasteiger partial charge >= 0.3 is 0 Å². The van der Waals surface area contributed by atoms with Gasteiger partial charge in [0.25, 0.3) is 0 Å². The lowest BCUT2D eigenvalue weighted by molar-refractivity contribution is 1.21. The van der Waals surface area contributed by atoms with E-state index in [-0.39, 0.29) is 0 Å². The van der Waals surface area contributed by atoms with Crippen LogP contribution in [0, 0.1) is 83.1 Å². The van der Waals surface area contributed by atoms with E-state index in [1.54, 1.807) is 0 Å². The number of benzene rings is 14. The van der Waals surface area contributed by atoms with Crippen molar-refractivity contribution in [2.45, 2.75) is 83.1 Å². The van der Waals surface area contributed by atoms with Crippen molar-refractivity contribution in [1.82, 2.24) is 0 Å². The highest BCUT2D eigenvalue weighted by molar-refractivity contribution is 9.11. The number of anilines is 8. The van der Waals surface area contributed by atoms with Gasteiger partial charge in [0.05, 0.1) is 5.69 Å². The molecule has 14 aromatic carbocycles. The summed E-state index contributed by atoms with van der Waals surface area (Å²) in [5, 5.41) is 19.0. The van der Waals surface area contributed by atoms with Crippen molar-refractivity contribution in [1.29, 1.82) is 0 Å². The molecule has 0 unspecified atom stereocenters. The van der Waals surface area contributed by atoms with Gasteiger partial charge < -0.3 is 15.1 Å². The number of rotatable bonds is 8. The van der Waals surface area contributed by atoms with Crippen LogP contribution in [0.15, 0.2) is 215 Å². The zero-order valence-corrected chi connectivity index (χ0v) is 54.0. The zero-order valence-electron chi connectivity index (χ0n) is 50.8. The predicted octanol–water partition coefficient (Wildman–Crippen LogP) is 24.8. The summed E-state index contributed by atoms with van der Waals surface area (Å²) in [6, 6.07) is 76.3. The molecule has 0 amide bonds. The maximum Gasteiger partial charge on any atom is 0.0540 e. The van der Waals surface area contributed by atoms with E-state index in [9.17, 15) is 0 Å². The van der Waals surface area contributed by atoms with E-state index in [0.29, 0.717) is 0 Å². The van der Waals surface area contributed by atoms with Crippen molar-refractivity contribution in [2.24, 2.45) is 0 Å². The zero-order chi connectivity index (χ0) is 59.5. The van der Waals surface area contributed by atoms with Crippen molar-refractivity contribution in [3.63, 3.8) is 0 Å². The third kappa shape index (κ3) is 11.1. The highest BCUT2D eigenvalue weighted by atomic mass is 79.9. The standard InChI is InChI=1S/C48H44N2.C16H8Br2.C16H19N/c1-29-9-18-42(33(5)23-29)49(43-19-10-30(2)24-34(43)6)40-27-38-14-13-37-16-22-46(41-17-15-39(28-40)47(38)48(37)41)50(44-20-11-31(3)25-35(44)7)45-21-12-32(4)26-36(45)8;17-12-7-10-2-1-9-4-6-14(18)13-5-3-11(8-12)15(10)16(9)13;1-11-5-7-15(13(3)9-11)17-16-8-6-12(2)10-14(16)4/h9-28H,1-8H3;1-8H;5-10,17H,1-4H3. The molecule has 0 saturated heterocycles. The van der Waals surface area contributed by atoms with Crippen molar-refractivity contribution in [3.05, 3.63) is 282 Å². The first-order chi connectivity index (χ1) is 40.9. The summed E-state index contributed by atoms with van der Waals surface area (Å²) in [6.07, 6.45) is 0. The second-order valence-corrected chi connectivity index (χ2v) is 25.5. The normalized spacial score (nSPS) is 11.4. The molecule has 0 aromatic heterocycles. The first kappa shape index (κ1) is 57.0. The van der Waals surface area contributed by atoms with Gasteiger partial charge in [-0.1, -0.05) is 199 Å². The van der Waals surface area contributed by atoms with E-state index in [4.69, 9.17) is 0 Å². The van der Waals surface area contributed by atoms with Gasteiger partial charge in [-0.2, -0.15) is 0 Å². The average Bonchev–Trinajstić information content (AvgIpc) is 3.68. The van der Waals surface area contributed by atoms with Crippen LogP contribution < -0.4 is 15.1 Å². The Hall–Kier alpha value is -8.48. The van der Waals surface area contributed by atoms with Gasteiger partial charge in [0.15, 0.2) is 0 Å². The minimum Gasteiger partial charge on any atom is -0.355 e. The van der Waals surface area contributed by atoms with Gasteiger partial charge in [0.2, 0.25) is 0 Å². The Labute approximate surface area is 518 Å². The number of hydrogen-bond acceptors (Lipinski definition) is 3. The Morgan fingerprint density at radius 1 is 0.259 bits per heavy atom. The molecule has 0 fully saturated rings. The molecule has 3 nitrogen and oxygen atoms in total. The maximum absolute atomic E-state index is 3.65. The molecule has 1 N–H and O–H groups in total. The number of hydrogen-bond donors (Lipinski definition) is 1. The molecule has 0 aliphatic rings. The van der Waals surface area contributed by atoms with E-state index in [1.165, 1.54) is 177 Å². The summed E-state index contributed by atoms with van der Waals surface area (Å²) >= 11 is 7.23. The molecule has 85 heavy (non-hydrogen) atoms. The van der Waals surface area contributed by atoms with E-state index < -0.39 is 0 Å². The lowest BCUT2D eigenvalue weighted by Crippen LogP contribution is -2.14. The van der Waals surface area contributed by atoms with E-state index in [0.717, 1.165) is 8.95 Å². The van der Waals surface area contributed by atoms with E-state index in [1.807, 2.05) is 0 Å². The van der Waals surface area contributed by atoms with Crippen LogP contribution in [-0.4, -0.2) is 0 Å². The topological polar surface area (TPSA) is 18.5 Å². The molecule has 0 radical (unpaired) electrons. The van der Waals surface area contributed by atoms with Crippen molar-refractivity contribution < 1.29 is 0 Å². The third-order valence-electron chi connectivity index (χ3n) is 17.0. The number of nitrogens with zero attached hydrogens (tertiary/aromatic N) is 2.